The van der Waals surface area contributed by atoms with Crippen LogP contribution in [0.3, 0.4) is 0 Å². The fraction of sp³-hybridized carbons (Fsp3) is 0.200. The summed E-state index contributed by atoms with van der Waals surface area (Å²) in [4.78, 5) is 12.1. The minimum atomic E-state index is -0.222. The first-order valence-electron chi connectivity index (χ1n) is 5.88. The highest BCUT2D eigenvalue weighted by atomic mass is 16.1. The average molecular weight is 238 g/mol. The van der Waals surface area contributed by atoms with Crippen LogP contribution >= 0.6 is 0 Å². The smallest absolute Gasteiger partial charge is 0.269 e. The molecule has 2 aromatic rings. The third kappa shape index (κ3) is 1.93. The zero-order chi connectivity index (χ0) is 13.1. The summed E-state index contributed by atoms with van der Waals surface area (Å²) in [5.74, 6) is 0. The summed E-state index contributed by atoms with van der Waals surface area (Å²) in [5.41, 5.74) is 2.71. The minimum absolute atomic E-state index is 0.216. The molecule has 90 valence electrons. The molecule has 2 rings (SSSR count). The van der Waals surface area contributed by atoms with Crippen molar-refractivity contribution in [2.45, 2.75) is 20.4 Å². The summed E-state index contributed by atoms with van der Waals surface area (Å²) in [6.45, 7) is 4.43. The first kappa shape index (κ1) is 12.1. The van der Waals surface area contributed by atoms with E-state index in [1.807, 2.05) is 50.2 Å². The molecule has 0 atom stereocenters. The summed E-state index contributed by atoms with van der Waals surface area (Å²) in [6, 6.07) is 11.6. The molecule has 0 amide bonds. The second-order valence-corrected chi connectivity index (χ2v) is 4.12. The molecular formula is C15H14N2O. The average Bonchev–Trinajstić information content (AvgIpc) is 2.39. The van der Waals surface area contributed by atoms with Gasteiger partial charge in [0.1, 0.15) is 11.6 Å². The first-order valence-corrected chi connectivity index (χ1v) is 5.88. The summed E-state index contributed by atoms with van der Waals surface area (Å²) in [7, 11) is 0. The molecular weight excluding hydrogens is 224 g/mol. The molecule has 0 aliphatic carbocycles. The van der Waals surface area contributed by atoms with Crippen molar-refractivity contribution in [3.05, 3.63) is 58.0 Å². The van der Waals surface area contributed by atoms with Crippen molar-refractivity contribution in [1.29, 1.82) is 5.26 Å². The van der Waals surface area contributed by atoms with Crippen LogP contribution in [0, 0.1) is 18.3 Å². The Morgan fingerprint density at radius 3 is 2.56 bits per heavy atom. The van der Waals surface area contributed by atoms with Crippen molar-refractivity contribution in [2.24, 2.45) is 0 Å². The predicted molar refractivity (Wildman–Crippen MR) is 71.3 cm³/mol. The standard InChI is InChI=1S/C15H14N2O/c1-3-17-9-8-13(14(10-16)15(17)18)12-7-5-4-6-11(12)2/h4-9H,3H2,1-2H3. The van der Waals surface area contributed by atoms with Crippen LogP contribution < -0.4 is 5.56 Å². The molecule has 0 bridgehead atoms. The van der Waals surface area contributed by atoms with Gasteiger partial charge in [-0.15, -0.1) is 0 Å². The third-order valence-electron chi connectivity index (χ3n) is 3.05. The molecule has 3 nitrogen and oxygen atoms in total. The van der Waals surface area contributed by atoms with Crippen LogP contribution in [0.4, 0.5) is 0 Å². The molecule has 1 aromatic carbocycles. The molecule has 0 radical (unpaired) electrons. The second-order valence-electron chi connectivity index (χ2n) is 4.12. The fourth-order valence-corrected chi connectivity index (χ4v) is 2.03. The van der Waals surface area contributed by atoms with Gasteiger partial charge in [0.2, 0.25) is 0 Å². The van der Waals surface area contributed by atoms with Gasteiger partial charge in [0.25, 0.3) is 5.56 Å². The molecule has 1 heterocycles. The highest BCUT2D eigenvalue weighted by Crippen LogP contribution is 2.24. The molecule has 0 fully saturated rings. The van der Waals surface area contributed by atoms with E-state index < -0.39 is 0 Å². The molecule has 0 spiro atoms. The van der Waals surface area contributed by atoms with Gasteiger partial charge in [0.05, 0.1) is 0 Å². The maximum Gasteiger partial charge on any atom is 0.269 e. The Bertz CT molecular complexity index is 678. The van der Waals surface area contributed by atoms with E-state index >= 15 is 0 Å². The van der Waals surface area contributed by atoms with Crippen LogP contribution in [0.5, 0.6) is 0 Å². The second kappa shape index (κ2) is 4.89. The predicted octanol–water partition coefficient (Wildman–Crippen LogP) is 2.72. The number of benzene rings is 1. The van der Waals surface area contributed by atoms with E-state index in [-0.39, 0.29) is 11.1 Å². The van der Waals surface area contributed by atoms with E-state index in [4.69, 9.17) is 0 Å². The number of hydrogen-bond acceptors (Lipinski definition) is 2. The van der Waals surface area contributed by atoms with E-state index in [1.165, 1.54) is 0 Å². The lowest BCUT2D eigenvalue weighted by molar-refractivity contribution is 0.725. The van der Waals surface area contributed by atoms with Crippen molar-refractivity contribution in [1.82, 2.24) is 4.57 Å². The van der Waals surface area contributed by atoms with Crippen molar-refractivity contribution in [3.8, 4) is 17.2 Å². The largest absolute Gasteiger partial charge is 0.315 e. The number of nitriles is 1. The highest BCUT2D eigenvalue weighted by Gasteiger charge is 2.12. The van der Waals surface area contributed by atoms with Crippen molar-refractivity contribution in [2.75, 3.05) is 0 Å². The van der Waals surface area contributed by atoms with Gasteiger partial charge in [0.15, 0.2) is 0 Å². The van der Waals surface area contributed by atoms with Gasteiger partial charge in [-0.05, 0) is 31.0 Å². The Labute approximate surface area is 106 Å². The van der Waals surface area contributed by atoms with Crippen LogP contribution in [0.15, 0.2) is 41.3 Å². The van der Waals surface area contributed by atoms with E-state index in [9.17, 15) is 10.1 Å². The number of pyridine rings is 1. The van der Waals surface area contributed by atoms with Gasteiger partial charge in [-0.3, -0.25) is 4.79 Å². The van der Waals surface area contributed by atoms with E-state index in [0.717, 1.165) is 11.1 Å². The van der Waals surface area contributed by atoms with Crippen molar-refractivity contribution in [3.63, 3.8) is 0 Å². The maximum absolute atomic E-state index is 12.1. The monoisotopic (exact) mass is 238 g/mol. The summed E-state index contributed by atoms with van der Waals surface area (Å²) < 4.78 is 1.54. The highest BCUT2D eigenvalue weighted by molar-refractivity contribution is 5.72. The van der Waals surface area contributed by atoms with E-state index in [0.29, 0.717) is 12.1 Å². The Kier molecular flexibility index (Phi) is 3.29. The lowest BCUT2D eigenvalue weighted by atomic mass is 9.98. The number of hydrogen-bond donors (Lipinski definition) is 0. The lowest BCUT2D eigenvalue weighted by Crippen LogP contribution is -2.21. The zero-order valence-electron chi connectivity index (χ0n) is 10.5. The fourth-order valence-electron chi connectivity index (χ4n) is 2.03. The number of rotatable bonds is 2. The molecule has 18 heavy (non-hydrogen) atoms. The van der Waals surface area contributed by atoms with Gasteiger partial charge in [-0.2, -0.15) is 5.26 Å². The quantitative estimate of drug-likeness (QED) is 0.807. The van der Waals surface area contributed by atoms with Gasteiger partial charge in [-0.25, -0.2) is 0 Å². The molecule has 0 saturated heterocycles. The molecule has 1 aromatic heterocycles. The van der Waals surface area contributed by atoms with E-state index in [2.05, 4.69) is 0 Å². The maximum atomic E-state index is 12.1. The van der Waals surface area contributed by atoms with Gasteiger partial charge in [-0.1, -0.05) is 24.3 Å². The molecule has 0 aliphatic heterocycles. The lowest BCUT2D eigenvalue weighted by Gasteiger charge is -2.09. The molecule has 0 unspecified atom stereocenters. The summed E-state index contributed by atoms with van der Waals surface area (Å²) in [6.07, 6.45) is 1.74. The van der Waals surface area contributed by atoms with Crippen LogP contribution in [0.25, 0.3) is 11.1 Å². The van der Waals surface area contributed by atoms with Crippen LogP contribution in [0.1, 0.15) is 18.1 Å². The van der Waals surface area contributed by atoms with Gasteiger partial charge >= 0.3 is 0 Å². The molecule has 3 heteroatoms. The number of nitrogens with zero attached hydrogens (tertiary/aromatic N) is 2. The number of aromatic nitrogens is 1. The van der Waals surface area contributed by atoms with Crippen LogP contribution in [0.2, 0.25) is 0 Å². The topological polar surface area (TPSA) is 45.8 Å². The van der Waals surface area contributed by atoms with Crippen LogP contribution in [-0.4, -0.2) is 4.57 Å². The normalized spacial score (nSPS) is 10.1. The molecule has 0 N–H and O–H groups in total. The van der Waals surface area contributed by atoms with Gasteiger partial charge in [0, 0.05) is 18.3 Å². The van der Waals surface area contributed by atoms with Gasteiger partial charge < -0.3 is 4.57 Å². The Morgan fingerprint density at radius 2 is 1.94 bits per heavy atom. The summed E-state index contributed by atoms with van der Waals surface area (Å²) >= 11 is 0. The van der Waals surface area contributed by atoms with Crippen LogP contribution in [-0.2, 0) is 6.54 Å². The van der Waals surface area contributed by atoms with Crippen molar-refractivity contribution < 1.29 is 0 Å². The number of aryl methyl sites for hydroxylation is 2. The van der Waals surface area contributed by atoms with Crippen molar-refractivity contribution >= 4 is 0 Å². The zero-order valence-corrected chi connectivity index (χ0v) is 10.5. The molecule has 0 aliphatic rings. The molecule has 0 saturated carbocycles. The third-order valence-corrected chi connectivity index (χ3v) is 3.05. The summed E-state index contributed by atoms with van der Waals surface area (Å²) in [5, 5.41) is 9.21. The Hall–Kier alpha value is -2.34. The first-order chi connectivity index (χ1) is 8.69. The Morgan fingerprint density at radius 1 is 1.22 bits per heavy atom. The minimum Gasteiger partial charge on any atom is -0.315 e. The Balaban J connectivity index is 2.75. The SMILES string of the molecule is CCn1ccc(-c2ccccc2C)c(C#N)c1=O. The van der Waals surface area contributed by atoms with E-state index in [1.54, 1.807) is 10.8 Å².